The smallest absolute Gasteiger partial charge is 0.153 e. The largest absolute Gasteiger partial charge is 0.389 e. The molecule has 2 unspecified atom stereocenters. The molecule has 1 saturated carbocycles. The van der Waals surface area contributed by atoms with Crippen molar-refractivity contribution >= 4 is 9.84 Å². The zero-order valence-electron chi connectivity index (χ0n) is 10.8. The number of nitrogens with zero attached hydrogens (tertiary/aromatic N) is 2. The fourth-order valence-electron chi connectivity index (χ4n) is 2.91. The fourth-order valence-corrected chi connectivity index (χ4v) is 4.54. The zero-order chi connectivity index (χ0) is 13.4. The van der Waals surface area contributed by atoms with E-state index >= 15 is 0 Å². The predicted molar refractivity (Wildman–Crippen MR) is 69.0 cm³/mol. The van der Waals surface area contributed by atoms with E-state index in [4.69, 9.17) is 0 Å². The van der Waals surface area contributed by atoms with Gasteiger partial charge in [-0.25, -0.2) is 8.42 Å². The van der Waals surface area contributed by atoms with Crippen molar-refractivity contribution in [2.75, 3.05) is 6.26 Å². The SMILES string of the molecule is Cn1nccc1CCC1(O)CCCC1S(C)(=O)=O. The van der Waals surface area contributed by atoms with E-state index in [1.165, 1.54) is 6.26 Å². The normalized spacial score (nSPS) is 28.7. The summed E-state index contributed by atoms with van der Waals surface area (Å²) < 4.78 is 25.2. The summed E-state index contributed by atoms with van der Waals surface area (Å²) in [6.45, 7) is 0. The highest BCUT2D eigenvalue weighted by Gasteiger charge is 2.46. The van der Waals surface area contributed by atoms with Crippen molar-refractivity contribution < 1.29 is 13.5 Å². The summed E-state index contributed by atoms with van der Waals surface area (Å²) in [6, 6.07) is 1.90. The first-order chi connectivity index (χ1) is 8.33. The molecule has 0 saturated heterocycles. The van der Waals surface area contributed by atoms with E-state index in [0.717, 1.165) is 12.1 Å². The molecule has 0 aromatic carbocycles. The number of aromatic nitrogens is 2. The first-order valence-electron chi connectivity index (χ1n) is 6.21. The molecule has 0 bridgehead atoms. The Morgan fingerprint density at radius 2 is 2.33 bits per heavy atom. The molecule has 0 radical (unpaired) electrons. The lowest BCUT2D eigenvalue weighted by atomic mass is 9.94. The molecular weight excluding hydrogens is 252 g/mol. The highest BCUT2D eigenvalue weighted by atomic mass is 32.2. The zero-order valence-corrected chi connectivity index (χ0v) is 11.7. The third-order valence-corrected chi connectivity index (χ3v) is 5.64. The van der Waals surface area contributed by atoms with Crippen LogP contribution in [-0.4, -0.2) is 40.4 Å². The van der Waals surface area contributed by atoms with Crippen molar-refractivity contribution in [3.8, 4) is 0 Å². The van der Waals surface area contributed by atoms with Crippen LogP contribution in [0.25, 0.3) is 0 Å². The molecule has 2 rings (SSSR count). The monoisotopic (exact) mass is 272 g/mol. The second-order valence-electron chi connectivity index (χ2n) is 5.26. The van der Waals surface area contributed by atoms with Crippen LogP contribution in [0.2, 0.25) is 0 Å². The van der Waals surface area contributed by atoms with Gasteiger partial charge in [0.1, 0.15) is 0 Å². The Kier molecular flexibility index (Phi) is 3.51. The summed E-state index contributed by atoms with van der Waals surface area (Å²) in [5, 5.41) is 14.0. The maximum absolute atomic E-state index is 11.7. The Labute approximate surface area is 108 Å². The summed E-state index contributed by atoms with van der Waals surface area (Å²) in [5.41, 5.74) is -0.0553. The van der Waals surface area contributed by atoms with Gasteiger partial charge in [0, 0.05) is 25.2 Å². The van der Waals surface area contributed by atoms with Crippen LogP contribution in [0.1, 0.15) is 31.4 Å². The molecule has 1 aromatic rings. The van der Waals surface area contributed by atoms with Crippen molar-refractivity contribution in [2.24, 2.45) is 7.05 Å². The second kappa shape index (κ2) is 4.66. The van der Waals surface area contributed by atoms with Crippen molar-refractivity contribution in [1.82, 2.24) is 9.78 Å². The maximum Gasteiger partial charge on any atom is 0.153 e. The van der Waals surface area contributed by atoms with Gasteiger partial charge in [0.2, 0.25) is 0 Å². The minimum absolute atomic E-state index is 0.476. The molecule has 18 heavy (non-hydrogen) atoms. The number of hydrogen-bond donors (Lipinski definition) is 1. The quantitative estimate of drug-likeness (QED) is 0.875. The lowest BCUT2D eigenvalue weighted by Crippen LogP contribution is -2.42. The van der Waals surface area contributed by atoms with Crippen LogP contribution in [0.4, 0.5) is 0 Å². The van der Waals surface area contributed by atoms with Gasteiger partial charge in [0.05, 0.1) is 10.9 Å². The molecule has 1 fully saturated rings. The molecule has 6 heteroatoms. The van der Waals surface area contributed by atoms with Gasteiger partial charge in [-0.3, -0.25) is 4.68 Å². The minimum atomic E-state index is -3.18. The van der Waals surface area contributed by atoms with Gasteiger partial charge in [-0.15, -0.1) is 0 Å². The molecule has 0 aliphatic heterocycles. The predicted octanol–water partition coefficient (Wildman–Crippen LogP) is 0.681. The molecule has 5 nitrogen and oxygen atoms in total. The topological polar surface area (TPSA) is 72.2 Å². The molecule has 0 spiro atoms. The van der Waals surface area contributed by atoms with Crippen molar-refractivity contribution in [3.63, 3.8) is 0 Å². The Morgan fingerprint density at radius 3 is 2.89 bits per heavy atom. The van der Waals surface area contributed by atoms with E-state index in [9.17, 15) is 13.5 Å². The van der Waals surface area contributed by atoms with E-state index in [1.807, 2.05) is 13.1 Å². The lowest BCUT2D eigenvalue weighted by molar-refractivity contribution is 0.0418. The highest BCUT2D eigenvalue weighted by molar-refractivity contribution is 7.91. The van der Waals surface area contributed by atoms with Crippen LogP contribution in [0.3, 0.4) is 0 Å². The number of sulfone groups is 1. The van der Waals surface area contributed by atoms with E-state index < -0.39 is 20.7 Å². The molecule has 1 heterocycles. The molecule has 1 aliphatic carbocycles. The van der Waals surface area contributed by atoms with Crippen molar-refractivity contribution in [3.05, 3.63) is 18.0 Å². The van der Waals surface area contributed by atoms with E-state index in [2.05, 4.69) is 5.10 Å². The molecule has 102 valence electrons. The van der Waals surface area contributed by atoms with Gasteiger partial charge < -0.3 is 5.11 Å². The molecule has 2 atom stereocenters. The van der Waals surface area contributed by atoms with Gasteiger partial charge in [0.15, 0.2) is 9.84 Å². The number of aliphatic hydroxyl groups is 1. The standard InChI is InChI=1S/C12H20N2O3S/c1-14-10(6-9-13-14)5-8-12(15)7-3-4-11(12)18(2,16)17/h6,9,11,15H,3-5,7-8H2,1-2H3. The van der Waals surface area contributed by atoms with Crippen molar-refractivity contribution in [1.29, 1.82) is 0 Å². The van der Waals surface area contributed by atoms with Crippen LogP contribution in [0.15, 0.2) is 12.3 Å². The summed E-state index contributed by atoms with van der Waals surface area (Å²) in [7, 11) is -1.33. The first-order valence-corrected chi connectivity index (χ1v) is 8.16. The highest BCUT2D eigenvalue weighted by Crippen LogP contribution is 2.37. The third kappa shape index (κ3) is 2.59. The van der Waals surface area contributed by atoms with E-state index in [-0.39, 0.29) is 0 Å². The Bertz CT molecular complexity index is 523. The summed E-state index contributed by atoms with van der Waals surface area (Å²) in [5.74, 6) is 0. The van der Waals surface area contributed by atoms with Gasteiger partial charge in [0.25, 0.3) is 0 Å². The fraction of sp³-hybridized carbons (Fsp3) is 0.750. The van der Waals surface area contributed by atoms with Crippen LogP contribution < -0.4 is 0 Å². The van der Waals surface area contributed by atoms with E-state index in [0.29, 0.717) is 25.7 Å². The van der Waals surface area contributed by atoms with Gasteiger partial charge in [-0.05, 0) is 38.2 Å². The minimum Gasteiger partial charge on any atom is -0.389 e. The Balaban J connectivity index is 2.10. The van der Waals surface area contributed by atoms with Gasteiger partial charge in [-0.2, -0.15) is 5.10 Å². The van der Waals surface area contributed by atoms with Gasteiger partial charge >= 0.3 is 0 Å². The molecule has 1 aliphatic rings. The summed E-state index contributed by atoms with van der Waals surface area (Å²) in [4.78, 5) is 0. The van der Waals surface area contributed by atoms with Crippen LogP contribution in [0.5, 0.6) is 0 Å². The Hall–Kier alpha value is -0.880. The number of aryl methyl sites for hydroxylation is 2. The second-order valence-corrected chi connectivity index (χ2v) is 7.49. The van der Waals surface area contributed by atoms with Crippen LogP contribution in [-0.2, 0) is 23.3 Å². The molecule has 1 N–H and O–H groups in total. The molecule has 1 aromatic heterocycles. The van der Waals surface area contributed by atoms with E-state index in [1.54, 1.807) is 10.9 Å². The maximum atomic E-state index is 11.7. The van der Waals surface area contributed by atoms with Crippen LogP contribution in [0, 0.1) is 0 Å². The molecule has 0 amide bonds. The van der Waals surface area contributed by atoms with Crippen molar-refractivity contribution in [2.45, 2.75) is 43.0 Å². The third-order valence-electron chi connectivity index (χ3n) is 3.93. The number of hydrogen-bond acceptors (Lipinski definition) is 4. The first kappa shape index (κ1) is 13.5. The molecular formula is C12H20N2O3S. The summed E-state index contributed by atoms with van der Waals surface area (Å²) in [6.07, 6.45) is 5.98. The average molecular weight is 272 g/mol. The Morgan fingerprint density at radius 1 is 1.61 bits per heavy atom. The lowest BCUT2D eigenvalue weighted by Gasteiger charge is -2.28. The average Bonchev–Trinajstić information content (AvgIpc) is 2.82. The van der Waals surface area contributed by atoms with Gasteiger partial charge in [-0.1, -0.05) is 0 Å². The van der Waals surface area contributed by atoms with Crippen LogP contribution >= 0.6 is 0 Å². The number of rotatable bonds is 4. The summed E-state index contributed by atoms with van der Waals surface area (Å²) >= 11 is 0.